The Labute approximate surface area is 161 Å². The molecule has 1 saturated carbocycles. The lowest BCUT2D eigenvalue weighted by atomic mass is 10.1. The van der Waals surface area contributed by atoms with Crippen LogP contribution in [0.5, 0.6) is 5.75 Å². The quantitative estimate of drug-likeness (QED) is 0.527. The smallest absolute Gasteiger partial charge is 0.191 e. The number of ether oxygens (including phenoxy) is 1. The molecule has 28 heavy (non-hydrogen) atoms. The zero-order chi connectivity index (χ0) is 19.3. The highest BCUT2D eigenvalue weighted by atomic mass is 19.1. The van der Waals surface area contributed by atoms with Gasteiger partial charge in [0.25, 0.3) is 0 Å². The zero-order valence-electron chi connectivity index (χ0n) is 15.7. The predicted molar refractivity (Wildman–Crippen MR) is 106 cm³/mol. The summed E-state index contributed by atoms with van der Waals surface area (Å²) in [6.45, 7) is 2.05. The Morgan fingerprint density at radius 2 is 2.07 bits per heavy atom. The number of hydrogen-bond donors (Lipinski definition) is 2. The molecule has 0 spiro atoms. The van der Waals surface area contributed by atoms with E-state index in [-0.39, 0.29) is 17.3 Å². The molecule has 1 aliphatic carbocycles. The second-order valence-electron chi connectivity index (χ2n) is 7.24. The standard InChI is InChI=1S/C21H20FN5O/c1-11(13-5-7-15-16(9-13)27-20(26-15)12-3-4-12)25-21-14-6-8-17(28-2)18(22)19(14)23-10-24-21/h5-12H,3-4H2,1-2H3,(H,26,27)(H,23,24,25). The number of H-pyrrole nitrogens is 1. The first-order valence-corrected chi connectivity index (χ1v) is 9.37. The Bertz CT molecular complexity index is 1180. The molecule has 0 aliphatic heterocycles. The molecule has 2 aromatic carbocycles. The van der Waals surface area contributed by atoms with Crippen LogP contribution >= 0.6 is 0 Å². The maximum atomic E-state index is 14.5. The fraction of sp³-hybridized carbons (Fsp3) is 0.286. The van der Waals surface area contributed by atoms with Gasteiger partial charge in [0.05, 0.1) is 24.2 Å². The lowest BCUT2D eigenvalue weighted by Crippen LogP contribution is -2.09. The first kappa shape index (κ1) is 16.9. The molecular weight excluding hydrogens is 357 g/mol. The molecule has 1 aliphatic rings. The summed E-state index contributed by atoms with van der Waals surface area (Å²) in [5.41, 5.74) is 3.36. The lowest BCUT2D eigenvalue weighted by Gasteiger charge is -2.16. The van der Waals surface area contributed by atoms with Crippen LogP contribution < -0.4 is 10.1 Å². The minimum absolute atomic E-state index is 0.0275. The van der Waals surface area contributed by atoms with Crippen molar-refractivity contribution in [1.29, 1.82) is 0 Å². The van der Waals surface area contributed by atoms with Crippen molar-refractivity contribution in [1.82, 2.24) is 19.9 Å². The molecule has 0 amide bonds. The van der Waals surface area contributed by atoms with Gasteiger partial charge in [0.2, 0.25) is 0 Å². The van der Waals surface area contributed by atoms with Crippen LogP contribution in [0.2, 0.25) is 0 Å². The molecule has 2 heterocycles. The van der Waals surface area contributed by atoms with Crippen molar-refractivity contribution in [2.75, 3.05) is 12.4 Å². The van der Waals surface area contributed by atoms with Crippen molar-refractivity contribution < 1.29 is 9.13 Å². The summed E-state index contributed by atoms with van der Waals surface area (Å²) in [5.74, 6) is 1.94. The van der Waals surface area contributed by atoms with Gasteiger partial charge in [0.15, 0.2) is 11.6 Å². The number of hydrogen-bond acceptors (Lipinski definition) is 5. The average Bonchev–Trinajstić information content (AvgIpc) is 3.47. The fourth-order valence-corrected chi connectivity index (χ4v) is 3.50. The van der Waals surface area contributed by atoms with E-state index in [1.54, 1.807) is 12.1 Å². The van der Waals surface area contributed by atoms with E-state index in [1.165, 1.54) is 26.3 Å². The molecule has 4 aromatic rings. The van der Waals surface area contributed by atoms with Crippen LogP contribution in [0, 0.1) is 5.82 Å². The van der Waals surface area contributed by atoms with Gasteiger partial charge < -0.3 is 15.0 Å². The molecule has 2 N–H and O–H groups in total. The number of aromatic nitrogens is 4. The number of methoxy groups -OCH3 is 1. The highest BCUT2D eigenvalue weighted by Gasteiger charge is 2.26. The summed E-state index contributed by atoms with van der Waals surface area (Å²) in [7, 11) is 1.44. The molecule has 0 bridgehead atoms. The van der Waals surface area contributed by atoms with Gasteiger partial charge in [-0.3, -0.25) is 0 Å². The molecule has 7 heteroatoms. The van der Waals surface area contributed by atoms with E-state index in [4.69, 9.17) is 4.74 Å². The summed E-state index contributed by atoms with van der Waals surface area (Å²) < 4.78 is 19.5. The molecule has 0 radical (unpaired) electrons. The Balaban J connectivity index is 1.47. The van der Waals surface area contributed by atoms with E-state index in [0.717, 1.165) is 22.4 Å². The van der Waals surface area contributed by atoms with Gasteiger partial charge >= 0.3 is 0 Å². The van der Waals surface area contributed by atoms with Gasteiger partial charge in [-0.15, -0.1) is 0 Å². The van der Waals surface area contributed by atoms with E-state index in [9.17, 15) is 4.39 Å². The summed E-state index contributed by atoms with van der Waals surface area (Å²) in [6, 6.07) is 9.54. The van der Waals surface area contributed by atoms with Gasteiger partial charge in [-0.1, -0.05) is 6.07 Å². The SMILES string of the molecule is COc1ccc2c(NC(C)c3ccc4nc(C5CC5)[nH]c4c3)ncnc2c1F. The normalized spacial score (nSPS) is 15.1. The Morgan fingerprint density at radius 3 is 2.86 bits per heavy atom. The third-order valence-electron chi connectivity index (χ3n) is 5.27. The number of benzene rings is 2. The first-order valence-electron chi connectivity index (χ1n) is 9.37. The highest BCUT2D eigenvalue weighted by molar-refractivity contribution is 5.90. The van der Waals surface area contributed by atoms with Gasteiger partial charge in [0, 0.05) is 11.3 Å². The van der Waals surface area contributed by atoms with Crippen LogP contribution in [0.1, 0.15) is 43.1 Å². The molecule has 2 aromatic heterocycles. The molecule has 1 atom stereocenters. The molecule has 5 rings (SSSR count). The number of aromatic amines is 1. The Morgan fingerprint density at radius 1 is 1.21 bits per heavy atom. The van der Waals surface area contributed by atoms with Gasteiger partial charge in [0.1, 0.15) is 23.5 Å². The third kappa shape index (κ3) is 2.83. The third-order valence-corrected chi connectivity index (χ3v) is 5.27. The Kier molecular flexibility index (Phi) is 3.89. The minimum atomic E-state index is -0.482. The van der Waals surface area contributed by atoms with Crippen LogP contribution in [-0.4, -0.2) is 27.0 Å². The second kappa shape index (κ2) is 6.44. The molecule has 6 nitrogen and oxygen atoms in total. The number of fused-ring (bicyclic) bond motifs is 2. The van der Waals surface area contributed by atoms with Crippen molar-refractivity contribution in [2.45, 2.75) is 31.7 Å². The predicted octanol–water partition coefficient (Wildman–Crippen LogP) is 4.70. The minimum Gasteiger partial charge on any atom is -0.494 e. The maximum Gasteiger partial charge on any atom is 0.191 e. The largest absolute Gasteiger partial charge is 0.494 e. The van der Waals surface area contributed by atoms with Gasteiger partial charge in [-0.25, -0.2) is 19.3 Å². The van der Waals surface area contributed by atoms with Crippen molar-refractivity contribution in [3.05, 3.63) is 53.9 Å². The summed E-state index contributed by atoms with van der Waals surface area (Å²) in [5, 5.41) is 4.00. The fourth-order valence-electron chi connectivity index (χ4n) is 3.50. The van der Waals surface area contributed by atoms with Crippen LogP contribution in [0.25, 0.3) is 21.9 Å². The number of imidazole rings is 1. The topological polar surface area (TPSA) is 75.7 Å². The summed E-state index contributed by atoms with van der Waals surface area (Å²) >= 11 is 0. The average molecular weight is 377 g/mol. The second-order valence-corrected chi connectivity index (χ2v) is 7.24. The molecule has 142 valence electrons. The van der Waals surface area contributed by atoms with Crippen LogP contribution in [0.3, 0.4) is 0 Å². The number of anilines is 1. The van der Waals surface area contributed by atoms with Crippen LogP contribution in [0.15, 0.2) is 36.7 Å². The number of nitrogens with zero attached hydrogens (tertiary/aromatic N) is 3. The van der Waals surface area contributed by atoms with Crippen LogP contribution in [-0.2, 0) is 0 Å². The highest BCUT2D eigenvalue weighted by Crippen LogP contribution is 2.39. The lowest BCUT2D eigenvalue weighted by molar-refractivity contribution is 0.388. The van der Waals surface area contributed by atoms with Crippen molar-refractivity contribution in [3.8, 4) is 5.75 Å². The van der Waals surface area contributed by atoms with Crippen molar-refractivity contribution in [3.63, 3.8) is 0 Å². The number of rotatable bonds is 5. The van der Waals surface area contributed by atoms with Gasteiger partial charge in [-0.2, -0.15) is 0 Å². The van der Waals surface area contributed by atoms with E-state index in [2.05, 4.69) is 37.4 Å². The molecule has 1 fully saturated rings. The van der Waals surface area contributed by atoms with Gasteiger partial charge in [-0.05, 0) is 49.6 Å². The Hall–Kier alpha value is -3.22. The van der Waals surface area contributed by atoms with Crippen LogP contribution in [0.4, 0.5) is 10.2 Å². The van der Waals surface area contributed by atoms with E-state index in [0.29, 0.717) is 17.1 Å². The van der Waals surface area contributed by atoms with E-state index in [1.807, 2.05) is 13.0 Å². The molecular formula is C21H20FN5O. The first-order chi connectivity index (χ1) is 13.6. The van der Waals surface area contributed by atoms with Crippen molar-refractivity contribution in [2.24, 2.45) is 0 Å². The van der Waals surface area contributed by atoms with Crippen molar-refractivity contribution >= 4 is 27.8 Å². The molecule has 0 saturated heterocycles. The maximum absolute atomic E-state index is 14.5. The monoisotopic (exact) mass is 377 g/mol. The van der Waals surface area contributed by atoms with E-state index < -0.39 is 5.82 Å². The summed E-state index contributed by atoms with van der Waals surface area (Å²) in [6.07, 6.45) is 3.79. The zero-order valence-corrected chi connectivity index (χ0v) is 15.7. The summed E-state index contributed by atoms with van der Waals surface area (Å²) in [4.78, 5) is 16.5. The van der Waals surface area contributed by atoms with E-state index >= 15 is 0 Å². The molecule has 1 unspecified atom stereocenters. The number of halogens is 1. The number of nitrogens with one attached hydrogen (secondary N) is 2.